The summed E-state index contributed by atoms with van der Waals surface area (Å²) in [6.45, 7) is 0. The predicted molar refractivity (Wildman–Crippen MR) is 74.0 cm³/mol. The fourth-order valence-corrected chi connectivity index (χ4v) is 1.95. The number of amides is 1. The molecule has 6 heteroatoms. The number of rotatable bonds is 3. The summed E-state index contributed by atoms with van der Waals surface area (Å²) in [6.07, 6.45) is 2.04. The third-order valence-corrected chi connectivity index (χ3v) is 2.73. The molecule has 0 radical (unpaired) electrons. The molecular weight excluding hydrogens is 287 g/mol. The Hall–Kier alpha value is -1.91. The molecule has 2 aromatic rings. The molecule has 96 valence electrons. The number of nitrogens with zero attached hydrogens (tertiary/aromatic N) is 1. The molecule has 0 fully saturated rings. The molecule has 0 aliphatic carbocycles. The van der Waals surface area contributed by atoms with Crippen molar-refractivity contribution < 1.29 is 9.59 Å². The maximum atomic E-state index is 11.9. The van der Waals surface area contributed by atoms with E-state index in [1.54, 1.807) is 6.07 Å². The first-order chi connectivity index (χ1) is 9.08. The predicted octanol–water partition coefficient (Wildman–Crippen LogP) is 3.45. The Labute approximate surface area is 119 Å². The molecule has 0 atom stereocenters. The molecule has 1 amide bonds. The van der Waals surface area contributed by atoms with Crippen LogP contribution in [0.15, 0.2) is 36.5 Å². The molecular formula is C13H8Cl2N2O2. The van der Waals surface area contributed by atoms with Crippen molar-refractivity contribution in [3.63, 3.8) is 0 Å². The van der Waals surface area contributed by atoms with Crippen LogP contribution in [0.2, 0.25) is 10.0 Å². The summed E-state index contributed by atoms with van der Waals surface area (Å²) < 4.78 is 0. The average molecular weight is 295 g/mol. The number of halogens is 2. The number of benzene rings is 1. The summed E-state index contributed by atoms with van der Waals surface area (Å²) in [5.41, 5.74) is 0.766. The highest BCUT2D eigenvalue weighted by Crippen LogP contribution is 2.19. The molecule has 1 N–H and O–H groups in total. The number of aldehydes is 1. The second-order valence-corrected chi connectivity index (χ2v) is 4.58. The fraction of sp³-hybridized carbons (Fsp3) is 0. The molecule has 1 aromatic heterocycles. The maximum absolute atomic E-state index is 11.9. The third kappa shape index (κ3) is 3.53. The summed E-state index contributed by atoms with van der Waals surface area (Å²) in [7, 11) is 0. The second kappa shape index (κ2) is 5.82. The highest BCUT2D eigenvalue weighted by atomic mass is 35.5. The molecule has 0 spiro atoms. The van der Waals surface area contributed by atoms with Gasteiger partial charge in [0.1, 0.15) is 5.82 Å². The Morgan fingerprint density at radius 1 is 1.16 bits per heavy atom. The van der Waals surface area contributed by atoms with Crippen LogP contribution < -0.4 is 5.32 Å². The van der Waals surface area contributed by atoms with Gasteiger partial charge >= 0.3 is 0 Å². The van der Waals surface area contributed by atoms with Crippen molar-refractivity contribution in [2.24, 2.45) is 0 Å². The van der Waals surface area contributed by atoms with E-state index in [0.717, 1.165) is 0 Å². The standard InChI is InChI=1S/C13H8Cl2N2O2/c14-10-3-9(4-11(15)5-10)13(19)17-12-2-1-8(7-18)6-16-12/h1-7H,(H,16,17,19). The molecule has 19 heavy (non-hydrogen) atoms. The zero-order chi connectivity index (χ0) is 13.8. The topological polar surface area (TPSA) is 59.1 Å². The molecule has 0 aliphatic heterocycles. The van der Waals surface area contributed by atoms with Gasteiger partial charge in [-0.1, -0.05) is 23.2 Å². The van der Waals surface area contributed by atoms with E-state index in [2.05, 4.69) is 10.3 Å². The zero-order valence-electron chi connectivity index (χ0n) is 9.56. The Morgan fingerprint density at radius 3 is 2.37 bits per heavy atom. The minimum Gasteiger partial charge on any atom is -0.307 e. The van der Waals surface area contributed by atoms with Gasteiger partial charge in [-0.2, -0.15) is 0 Å². The zero-order valence-corrected chi connectivity index (χ0v) is 11.1. The smallest absolute Gasteiger partial charge is 0.256 e. The van der Waals surface area contributed by atoms with Crippen LogP contribution in [0.25, 0.3) is 0 Å². The first-order valence-electron chi connectivity index (χ1n) is 5.27. The van der Waals surface area contributed by atoms with E-state index in [-0.39, 0.29) is 5.91 Å². The van der Waals surface area contributed by atoms with Crippen molar-refractivity contribution in [2.45, 2.75) is 0 Å². The van der Waals surface area contributed by atoms with Crippen LogP contribution in [0.4, 0.5) is 5.82 Å². The number of pyridine rings is 1. The van der Waals surface area contributed by atoms with Crippen LogP contribution in [-0.2, 0) is 0 Å². The lowest BCUT2D eigenvalue weighted by molar-refractivity contribution is 0.102. The van der Waals surface area contributed by atoms with Crippen LogP contribution in [-0.4, -0.2) is 17.2 Å². The first-order valence-corrected chi connectivity index (χ1v) is 6.03. The first kappa shape index (κ1) is 13.5. The fourth-order valence-electron chi connectivity index (χ4n) is 1.42. The van der Waals surface area contributed by atoms with E-state index < -0.39 is 0 Å². The highest BCUT2D eigenvalue weighted by Gasteiger charge is 2.08. The van der Waals surface area contributed by atoms with Crippen molar-refractivity contribution >= 4 is 41.2 Å². The minimum atomic E-state index is -0.379. The number of anilines is 1. The van der Waals surface area contributed by atoms with E-state index in [1.165, 1.54) is 30.5 Å². The van der Waals surface area contributed by atoms with Crippen molar-refractivity contribution in [3.8, 4) is 0 Å². The Balaban J connectivity index is 2.17. The SMILES string of the molecule is O=Cc1ccc(NC(=O)c2cc(Cl)cc(Cl)c2)nc1. The van der Waals surface area contributed by atoms with Gasteiger partial charge in [0.15, 0.2) is 6.29 Å². The molecule has 0 aliphatic rings. The molecule has 0 saturated heterocycles. The number of hydrogen-bond donors (Lipinski definition) is 1. The number of carbonyl (C=O) groups excluding carboxylic acids is 2. The summed E-state index contributed by atoms with van der Waals surface area (Å²) in [5.74, 6) is -0.0394. The highest BCUT2D eigenvalue weighted by molar-refractivity contribution is 6.35. The van der Waals surface area contributed by atoms with Crippen LogP contribution in [0.5, 0.6) is 0 Å². The monoisotopic (exact) mass is 294 g/mol. The molecule has 4 nitrogen and oxygen atoms in total. The van der Waals surface area contributed by atoms with Crippen LogP contribution in [0.3, 0.4) is 0 Å². The summed E-state index contributed by atoms with van der Waals surface area (Å²) in [5, 5.41) is 3.33. The van der Waals surface area contributed by atoms with Gasteiger partial charge in [0.05, 0.1) is 0 Å². The molecule has 1 aromatic carbocycles. The normalized spacial score (nSPS) is 10.0. The largest absolute Gasteiger partial charge is 0.307 e. The van der Waals surface area contributed by atoms with Crippen molar-refractivity contribution in [1.82, 2.24) is 4.98 Å². The molecule has 1 heterocycles. The Kier molecular flexibility index (Phi) is 4.14. The van der Waals surface area contributed by atoms with Gasteiger partial charge in [-0.15, -0.1) is 0 Å². The van der Waals surface area contributed by atoms with Gasteiger partial charge in [0, 0.05) is 27.4 Å². The summed E-state index contributed by atoms with van der Waals surface area (Å²) in [4.78, 5) is 26.3. The maximum Gasteiger partial charge on any atom is 0.256 e. The van der Waals surface area contributed by atoms with Crippen molar-refractivity contribution in [1.29, 1.82) is 0 Å². The van der Waals surface area contributed by atoms with E-state index in [4.69, 9.17) is 23.2 Å². The van der Waals surface area contributed by atoms with E-state index in [9.17, 15) is 9.59 Å². The van der Waals surface area contributed by atoms with E-state index >= 15 is 0 Å². The van der Waals surface area contributed by atoms with Crippen LogP contribution in [0.1, 0.15) is 20.7 Å². The average Bonchev–Trinajstić information content (AvgIpc) is 2.38. The second-order valence-electron chi connectivity index (χ2n) is 3.71. The Bertz CT molecular complexity index is 607. The van der Waals surface area contributed by atoms with Gasteiger partial charge in [-0.3, -0.25) is 9.59 Å². The van der Waals surface area contributed by atoms with Crippen LogP contribution in [0, 0.1) is 0 Å². The lowest BCUT2D eigenvalue weighted by Gasteiger charge is -2.05. The number of nitrogens with one attached hydrogen (secondary N) is 1. The number of aromatic nitrogens is 1. The van der Waals surface area contributed by atoms with Crippen molar-refractivity contribution in [2.75, 3.05) is 5.32 Å². The molecule has 0 unspecified atom stereocenters. The van der Waals surface area contributed by atoms with Gasteiger partial charge in [-0.05, 0) is 30.3 Å². The van der Waals surface area contributed by atoms with Gasteiger partial charge < -0.3 is 5.32 Å². The van der Waals surface area contributed by atoms with E-state index in [0.29, 0.717) is 33.3 Å². The number of carbonyl (C=O) groups is 2. The molecule has 2 rings (SSSR count). The lowest BCUT2D eigenvalue weighted by atomic mass is 10.2. The van der Waals surface area contributed by atoms with Crippen LogP contribution >= 0.6 is 23.2 Å². The van der Waals surface area contributed by atoms with Crippen molar-refractivity contribution in [3.05, 3.63) is 57.7 Å². The third-order valence-electron chi connectivity index (χ3n) is 2.29. The summed E-state index contributed by atoms with van der Waals surface area (Å²) in [6, 6.07) is 7.64. The Morgan fingerprint density at radius 2 is 1.84 bits per heavy atom. The summed E-state index contributed by atoms with van der Waals surface area (Å²) >= 11 is 11.6. The quantitative estimate of drug-likeness (QED) is 0.882. The van der Waals surface area contributed by atoms with Gasteiger partial charge in [-0.25, -0.2) is 4.98 Å². The van der Waals surface area contributed by atoms with Gasteiger partial charge in [0.2, 0.25) is 0 Å². The molecule has 0 bridgehead atoms. The molecule has 0 saturated carbocycles. The lowest BCUT2D eigenvalue weighted by Crippen LogP contribution is -2.13. The minimum absolute atomic E-state index is 0.332. The van der Waals surface area contributed by atoms with E-state index in [1.807, 2.05) is 0 Å². The number of hydrogen-bond acceptors (Lipinski definition) is 3. The van der Waals surface area contributed by atoms with Gasteiger partial charge in [0.25, 0.3) is 5.91 Å².